The number of anilines is 1. The van der Waals surface area contributed by atoms with E-state index in [0.29, 0.717) is 35.2 Å². The Morgan fingerprint density at radius 2 is 1.48 bits per heavy atom. The molecule has 0 radical (unpaired) electrons. The predicted molar refractivity (Wildman–Crippen MR) is 211 cm³/mol. The number of aromatic nitrogens is 1. The maximum Gasteiger partial charge on any atom is 0.290 e. The van der Waals surface area contributed by atoms with Crippen molar-refractivity contribution < 1.29 is 14.4 Å². The van der Waals surface area contributed by atoms with E-state index >= 15 is 0 Å². The van der Waals surface area contributed by atoms with Gasteiger partial charge in [-0.2, -0.15) is 10.3 Å². The molecule has 1 aromatic rings. The van der Waals surface area contributed by atoms with Gasteiger partial charge >= 0.3 is 0 Å². The van der Waals surface area contributed by atoms with Crippen LogP contribution in [0.5, 0.6) is 0 Å². The molecule has 4 bridgehead atoms. The molecular weight excluding hydrogens is 667 g/mol. The Balaban J connectivity index is 1.53. The Morgan fingerprint density at radius 3 is 1.92 bits per heavy atom. The molecule has 286 valence electrons. The molecule has 4 fully saturated rings. The molecule has 8 nitrogen and oxygen atoms in total. The SMILES string of the molecule is CCCCC(CC)CN(CC(CC)CCCC)c1nc(C(C)(C)C)c(/C=C2\C(=O)N(N(C)C(=O)C34CC5CC(CC(C5)C3)C4)C(=O)C(C#N)=C2C)s1. The van der Waals surface area contributed by atoms with Crippen LogP contribution in [0.1, 0.15) is 156 Å². The monoisotopic (exact) mass is 731 g/mol. The van der Waals surface area contributed by atoms with Gasteiger partial charge in [0.25, 0.3) is 11.8 Å². The average Bonchev–Trinajstić information content (AvgIpc) is 3.53. The summed E-state index contributed by atoms with van der Waals surface area (Å²) in [6.45, 7) is 19.1. The van der Waals surface area contributed by atoms with E-state index in [1.165, 1.54) is 62.8 Å². The third-order valence-corrected chi connectivity index (χ3v) is 13.8. The summed E-state index contributed by atoms with van der Waals surface area (Å²) < 4.78 is 0. The zero-order chi connectivity index (χ0) is 38.0. The number of amides is 3. The number of carbonyl (C=O) groups excluding carboxylic acids is 3. The van der Waals surface area contributed by atoms with Gasteiger partial charge in [0.1, 0.15) is 11.6 Å². The molecule has 2 atom stereocenters. The number of imide groups is 1. The number of thiazole rings is 1. The normalized spacial score (nSPS) is 26.3. The van der Waals surface area contributed by atoms with Crippen LogP contribution in [-0.4, -0.2) is 52.9 Å². The van der Waals surface area contributed by atoms with Crippen LogP contribution in [0.4, 0.5) is 5.13 Å². The van der Waals surface area contributed by atoms with Crippen molar-refractivity contribution in [2.24, 2.45) is 35.0 Å². The second-order valence-electron chi connectivity index (χ2n) is 17.8. The van der Waals surface area contributed by atoms with Gasteiger partial charge in [-0.1, -0.05) is 98.3 Å². The minimum absolute atomic E-state index is 0.0943. The second-order valence-corrected chi connectivity index (χ2v) is 18.8. The number of nitrogens with zero attached hydrogens (tertiary/aromatic N) is 5. The first-order valence-electron chi connectivity index (χ1n) is 20.5. The highest BCUT2D eigenvalue weighted by Crippen LogP contribution is 2.60. The van der Waals surface area contributed by atoms with Gasteiger partial charge in [-0.3, -0.25) is 14.4 Å². The summed E-state index contributed by atoms with van der Waals surface area (Å²) in [6, 6.07) is 2.09. The lowest BCUT2D eigenvalue weighted by Crippen LogP contribution is -2.60. The summed E-state index contributed by atoms with van der Waals surface area (Å²) in [6.07, 6.45) is 17.3. The van der Waals surface area contributed by atoms with Crippen molar-refractivity contribution in [1.29, 1.82) is 5.26 Å². The lowest BCUT2D eigenvalue weighted by molar-refractivity contribution is -0.180. The maximum absolute atomic E-state index is 14.5. The smallest absolute Gasteiger partial charge is 0.290 e. The fourth-order valence-corrected chi connectivity index (χ4v) is 11.3. The lowest BCUT2D eigenvalue weighted by atomic mass is 9.49. The quantitative estimate of drug-likeness (QED) is 0.124. The van der Waals surface area contributed by atoms with E-state index < -0.39 is 17.2 Å². The fourth-order valence-electron chi connectivity index (χ4n) is 10.1. The van der Waals surface area contributed by atoms with Gasteiger partial charge in [0.05, 0.1) is 16.0 Å². The summed E-state index contributed by atoms with van der Waals surface area (Å²) >= 11 is 1.61. The van der Waals surface area contributed by atoms with Gasteiger partial charge in [-0.05, 0) is 99.5 Å². The number of nitriles is 1. The highest BCUT2D eigenvalue weighted by atomic mass is 32.1. The zero-order valence-electron chi connectivity index (χ0n) is 33.6. The van der Waals surface area contributed by atoms with Crippen molar-refractivity contribution in [2.75, 3.05) is 25.0 Å². The van der Waals surface area contributed by atoms with E-state index in [2.05, 4.69) is 59.4 Å². The molecule has 1 aliphatic heterocycles. The highest BCUT2D eigenvalue weighted by Gasteiger charge is 2.57. The number of rotatable bonds is 16. The topological polar surface area (TPSA) is 97.6 Å². The molecule has 0 N–H and O–H groups in total. The number of carbonyl (C=O) groups is 3. The van der Waals surface area contributed by atoms with E-state index in [1.54, 1.807) is 25.3 Å². The minimum atomic E-state index is -0.717. The molecule has 0 saturated heterocycles. The molecule has 6 rings (SSSR count). The van der Waals surface area contributed by atoms with Gasteiger partial charge in [-0.25, -0.2) is 9.99 Å². The second kappa shape index (κ2) is 16.6. The molecule has 5 aliphatic rings. The fraction of sp³-hybridized carbons (Fsp3) is 0.744. The predicted octanol–water partition coefficient (Wildman–Crippen LogP) is 9.86. The molecule has 4 saturated carbocycles. The first kappa shape index (κ1) is 40.2. The minimum Gasteiger partial charge on any atom is -0.348 e. The van der Waals surface area contributed by atoms with Gasteiger partial charge in [0.2, 0.25) is 5.91 Å². The van der Waals surface area contributed by atoms with E-state index in [-0.39, 0.29) is 22.5 Å². The highest BCUT2D eigenvalue weighted by molar-refractivity contribution is 7.16. The van der Waals surface area contributed by atoms with Crippen LogP contribution in [-0.2, 0) is 19.8 Å². The Bertz CT molecular complexity index is 1540. The Labute approximate surface area is 318 Å². The number of hydrogen-bond acceptors (Lipinski definition) is 7. The van der Waals surface area contributed by atoms with E-state index in [0.717, 1.165) is 65.9 Å². The molecule has 2 heterocycles. The van der Waals surface area contributed by atoms with Crippen molar-refractivity contribution in [3.8, 4) is 6.07 Å². The first-order chi connectivity index (χ1) is 24.7. The van der Waals surface area contributed by atoms with E-state index in [4.69, 9.17) is 4.98 Å². The van der Waals surface area contributed by atoms with Crippen LogP contribution in [0.2, 0.25) is 0 Å². The van der Waals surface area contributed by atoms with Crippen LogP contribution < -0.4 is 4.90 Å². The number of hydrogen-bond donors (Lipinski definition) is 0. The average molecular weight is 732 g/mol. The number of unbranched alkanes of at least 4 members (excludes halogenated alkanes) is 2. The Morgan fingerprint density at radius 1 is 0.962 bits per heavy atom. The van der Waals surface area contributed by atoms with Crippen LogP contribution in [0.15, 0.2) is 16.7 Å². The van der Waals surface area contributed by atoms with Crippen molar-refractivity contribution in [3.05, 3.63) is 27.3 Å². The van der Waals surface area contributed by atoms with Crippen molar-refractivity contribution >= 4 is 40.3 Å². The molecule has 52 heavy (non-hydrogen) atoms. The molecule has 2 unspecified atom stereocenters. The molecule has 9 heteroatoms. The number of hydrazine groups is 1. The summed E-state index contributed by atoms with van der Waals surface area (Å²) in [5.41, 5.74) is 0.578. The van der Waals surface area contributed by atoms with Gasteiger partial charge < -0.3 is 4.90 Å². The Kier molecular flexibility index (Phi) is 12.8. The Hall–Kier alpha value is -2.99. The van der Waals surface area contributed by atoms with Gasteiger partial charge in [0, 0.05) is 31.1 Å². The maximum atomic E-state index is 14.5. The molecule has 0 spiro atoms. The van der Waals surface area contributed by atoms with Gasteiger partial charge in [0.15, 0.2) is 5.13 Å². The van der Waals surface area contributed by atoms with Crippen LogP contribution in [0.3, 0.4) is 0 Å². The van der Waals surface area contributed by atoms with Crippen LogP contribution in [0.25, 0.3) is 6.08 Å². The van der Waals surface area contributed by atoms with E-state index in [1.807, 2.05) is 6.08 Å². The zero-order valence-corrected chi connectivity index (χ0v) is 34.5. The molecule has 3 amide bonds. The molecule has 0 aromatic carbocycles. The van der Waals surface area contributed by atoms with Crippen LogP contribution >= 0.6 is 11.3 Å². The summed E-state index contributed by atoms with van der Waals surface area (Å²) in [7, 11) is 1.55. The van der Waals surface area contributed by atoms with Gasteiger partial charge in [-0.15, -0.1) is 0 Å². The third kappa shape index (κ3) is 8.22. The molecule has 1 aromatic heterocycles. The molecular formula is C43H65N5O3S. The standard InChI is InChI=1S/C43H65N5O3S/c1-10-14-16-29(12-3)26-47(27-30(13-4)17-15-11-2)41-45-37(42(6,7)8)36(52-41)21-34-28(5)35(25-44)39(50)48(38(34)49)46(9)40(51)43-22-31-18-32(23-43)20-33(19-31)24-43/h21,29-33H,10-20,22-24,26-27H2,1-9H3/b34-21-. The lowest BCUT2D eigenvalue weighted by Gasteiger charge is -2.56. The summed E-state index contributed by atoms with van der Waals surface area (Å²) in [5.74, 6) is 1.33. The first-order valence-corrected chi connectivity index (χ1v) is 21.3. The largest absolute Gasteiger partial charge is 0.348 e. The van der Waals surface area contributed by atoms with E-state index in [9.17, 15) is 19.6 Å². The third-order valence-electron chi connectivity index (χ3n) is 12.7. The van der Waals surface area contributed by atoms with Crippen molar-refractivity contribution in [1.82, 2.24) is 15.0 Å². The van der Waals surface area contributed by atoms with Crippen molar-refractivity contribution in [3.63, 3.8) is 0 Å². The van der Waals surface area contributed by atoms with Crippen LogP contribution in [0, 0.1) is 46.3 Å². The molecule has 4 aliphatic carbocycles. The summed E-state index contributed by atoms with van der Waals surface area (Å²) in [5, 5.41) is 13.4. The summed E-state index contributed by atoms with van der Waals surface area (Å²) in [4.78, 5) is 51.5. The van der Waals surface area contributed by atoms with Crippen molar-refractivity contribution in [2.45, 2.75) is 151 Å².